The van der Waals surface area contributed by atoms with E-state index in [1.807, 2.05) is 0 Å². The molecule has 1 atom stereocenters. The molecule has 3 N–H and O–H groups in total. The zero-order valence-electron chi connectivity index (χ0n) is 8.16. The molecule has 0 heterocycles. The molecule has 1 unspecified atom stereocenters. The second kappa shape index (κ2) is 5.33. The van der Waals surface area contributed by atoms with Crippen LogP contribution in [0, 0.1) is 5.82 Å². The minimum atomic E-state index is -4.77. The summed E-state index contributed by atoms with van der Waals surface area (Å²) in [5, 5.41) is 8.50. The van der Waals surface area contributed by atoms with Crippen LogP contribution in [0.5, 0.6) is 0 Å². The Kier molecular flexibility index (Phi) is 4.91. The number of nitrogens with two attached hydrogens (primary N) is 1. The molecule has 1 rings (SSSR count). The van der Waals surface area contributed by atoms with E-state index in [1.165, 1.54) is 0 Å². The Labute approximate surface area is 99.6 Å². The second-order valence-corrected chi connectivity index (χ2v) is 3.05. The summed E-state index contributed by atoms with van der Waals surface area (Å²) in [5.41, 5.74) is 3.00. The van der Waals surface area contributed by atoms with Crippen LogP contribution in [0.15, 0.2) is 18.2 Å². The molecule has 0 saturated carbocycles. The maximum Gasteiger partial charge on any atom is 0.416 e. The first-order valence-electron chi connectivity index (χ1n) is 4.08. The number of halogens is 5. The second-order valence-electron chi connectivity index (χ2n) is 3.05. The Morgan fingerprint density at radius 3 is 2.29 bits per heavy atom. The molecule has 0 fully saturated rings. The summed E-state index contributed by atoms with van der Waals surface area (Å²) in [5.74, 6) is -2.63. The molecule has 0 radical (unpaired) electrons. The standard InChI is InChI=1S/C9H7F4NO2.ClH/c10-4-1-2-6(9(11,12)13)5(3-4)7(14)8(15)16;/h1-3,7H,14H2,(H,15,16);1H. The van der Waals surface area contributed by atoms with E-state index in [4.69, 9.17) is 10.8 Å². The predicted molar refractivity (Wildman–Crippen MR) is 53.2 cm³/mol. The monoisotopic (exact) mass is 273 g/mol. The van der Waals surface area contributed by atoms with E-state index < -0.39 is 35.1 Å². The van der Waals surface area contributed by atoms with Crippen molar-refractivity contribution in [2.75, 3.05) is 0 Å². The smallest absolute Gasteiger partial charge is 0.416 e. The molecule has 96 valence electrons. The van der Waals surface area contributed by atoms with Crippen molar-refractivity contribution in [1.82, 2.24) is 0 Å². The largest absolute Gasteiger partial charge is 0.480 e. The zero-order valence-corrected chi connectivity index (χ0v) is 8.98. The summed E-state index contributed by atoms with van der Waals surface area (Å²) in [6, 6.07) is -0.372. The highest BCUT2D eigenvalue weighted by Gasteiger charge is 2.36. The molecule has 0 bridgehead atoms. The average molecular weight is 274 g/mol. The van der Waals surface area contributed by atoms with Crippen molar-refractivity contribution in [3.63, 3.8) is 0 Å². The topological polar surface area (TPSA) is 63.3 Å². The van der Waals surface area contributed by atoms with Crippen molar-refractivity contribution in [1.29, 1.82) is 0 Å². The molecular formula is C9H8ClF4NO2. The molecule has 0 aliphatic heterocycles. The van der Waals surface area contributed by atoms with Crippen molar-refractivity contribution in [3.05, 3.63) is 35.1 Å². The Balaban J connectivity index is 0.00000256. The van der Waals surface area contributed by atoms with Crippen LogP contribution in [0.4, 0.5) is 17.6 Å². The number of carboxylic acid groups (broad SMARTS) is 1. The van der Waals surface area contributed by atoms with Gasteiger partial charge in [-0.05, 0) is 23.8 Å². The van der Waals surface area contributed by atoms with Crippen LogP contribution in [0.3, 0.4) is 0 Å². The van der Waals surface area contributed by atoms with Gasteiger partial charge in [0.05, 0.1) is 5.56 Å². The number of aliphatic carboxylic acids is 1. The van der Waals surface area contributed by atoms with Crippen molar-refractivity contribution in [3.8, 4) is 0 Å². The fraction of sp³-hybridized carbons (Fsp3) is 0.222. The SMILES string of the molecule is Cl.NC(C(=O)O)c1cc(F)ccc1C(F)(F)F. The number of benzene rings is 1. The fourth-order valence-corrected chi connectivity index (χ4v) is 1.18. The first kappa shape index (κ1) is 15.7. The normalized spacial score (nSPS) is 12.8. The van der Waals surface area contributed by atoms with Crippen LogP contribution in [-0.4, -0.2) is 11.1 Å². The summed E-state index contributed by atoms with van der Waals surface area (Å²) < 4.78 is 50.0. The number of carboxylic acids is 1. The Hall–Kier alpha value is -1.34. The molecular weight excluding hydrogens is 266 g/mol. The third kappa shape index (κ3) is 3.57. The molecule has 0 saturated heterocycles. The van der Waals surface area contributed by atoms with E-state index in [1.54, 1.807) is 0 Å². The van der Waals surface area contributed by atoms with Gasteiger partial charge >= 0.3 is 12.1 Å². The third-order valence-electron chi connectivity index (χ3n) is 1.92. The lowest BCUT2D eigenvalue weighted by molar-refractivity contribution is -0.141. The first-order valence-corrected chi connectivity index (χ1v) is 4.08. The van der Waals surface area contributed by atoms with E-state index in [-0.39, 0.29) is 12.4 Å². The lowest BCUT2D eigenvalue weighted by atomic mass is 10.0. The highest BCUT2D eigenvalue weighted by Crippen LogP contribution is 2.34. The summed E-state index contributed by atoms with van der Waals surface area (Å²) in [6.45, 7) is 0. The molecule has 17 heavy (non-hydrogen) atoms. The zero-order chi connectivity index (χ0) is 12.5. The number of alkyl halides is 3. The molecule has 3 nitrogen and oxygen atoms in total. The van der Waals surface area contributed by atoms with Gasteiger partial charge in [-0.25, -0.2) is 4.39 Å². The van der Waals surface area contributed by atoms with Crippen LogP contribution < -0.4 is 5.73 Å². The summed E-state index contributed by atoms with van der Waals surface area (Å²) >= 11 is 0. The van der Waals surface area contributed by atoms with E-state index in [9.17, 15) is 22.4 Å². The molecule has 0 amide bonds. The van der Waals surface area contributed by atoms with Crippen LogP contribution in [-0.2, 0) is 11.0 Å². The molecule has 8 heteroatoms. The first-order chi connectivity index (χ1) is 7.23. The van der Waals surface area contributed by atoms with Crippen molar-refractivity contribution in [2.45, 2.75) is 12.2 Å². The fourth-order valence-electron chi connectivity index (χ4n) is 1.18. The third-order valence-corrected chi connectivity index (χ3v) is 1.92. The minimum absolute atomic E-state index is 0. The summed E-state index contributed by atoms with van der Waals surface area (Å²) in [4.78, 5) is 10.5. The lowest BCUT2D eigenvalue weighted by Crippen LogP contribution is -2.24. The molecule has 0 spiro atoms. The molecule has 1 aromatic carbocycles. The van der Waals surface area contributed by atoms with Gasteiger partial charge in [0.2, 0.25) is 0 Å². The van der Waals surface area contributed by atoms with Gasteiger partial charge in [0.15, 0.2) is 0 Å². The maximum absolute atomic E-state index is 12.7. The average Bonchev–Trinajstić information content (AvgIpc) is 2.14. The lowest BCUT2D eigenvalue weighted by Gasteiger charge is -2.15. The van der Waals surface area contributed by atoms with Gasteiger partial charge < -0.3 is 10.8 Å². The van der Waals surface area contributed by atoms with E-state index in [2.05, 4.69) is 0 Å². The summed E-state index contributed by atoms with van der Waals surface area (Å²) in [7, 11) is 0. The van der Waals surface area contributed by atoms with Crippen molar-refractivity contribution in [2.24, 2.45) is 5.73 Å². The van der Waals surface area contributed by atoms with E-state index in [0.717, 1.165) is 0 Å². The maximum atomic E-state index is 12.7. The van der Waals surface area contributed by atoms with Crippen molar-refractivity contribution < 1.29 is 27.5 Å². The van der Waals surface area contributed by atoms with E-state index in [0.29, 0.717) is 18.2 Å². The van der Waals surface area contributed by atoms with Gasteiger partial charge in [0.25, 0.3) is 0 Å². The van der Waals surface area contributed by atoms with Gasteiger partial charge in [0.1, 0.15) is 11.9 Å². The highest BCUT2D eigenvalue weighted by atomic mass is 35.5. The van der Waals surface area contributed by atoms with Crippen LogP contribution >= 0.6 is 12.4 Å². The minimum Gasteiger partial charge on any atom is -0.480 e. The number of rotatable bonds is 2. The quantitative estimate of drug-likeness (QED) is 0.813. The molecule has 0 aromatic heterocycles. The van der Waals surface area contributed by atoms with Gasteiger partial charge in [0, 0.05) is 0 Å². The van der Waals surface area contributed by atoms with Gasteiger partial charge in [-0.2, -0.15) is 13.2 Å². The Bertz CT molecular complexity index is 422. The van der Waals surface area contributed by atoms with Crippen LogP contribution in [0.25, 0.3) is 0 Å². The highest BCUT2D eigenvalue weighted by molar-refractivity contribution is 5.85. The molecule has 0 aliphatic rings. The van der Waals surface area contributed by atoms with Crippen LogP contribution in [0.2, 0.25) is 0 Å². The summed E-state index contributed by atoms with van der Waals surface area (Å²) in [6.07, 6.45) is -4.77. The van der Waals surface area contributed by atoms with E-state index >= 15 is 0 Å². The number of carbonyl (C=O) groups is 1. The predicted octanol–water partition coefficient (Wildman–Crippen LogP) is 2.35. The van der Waals surface area contributed by atoms with Gasteiger partial charge in [-0.1, -0.05) is 0 Å². The number of hydrogen-bond donors (Lipinski definition) is 2. The van der Waals surface area contributed by atoms with Crippen molar-refractivity contribution >= 4 is 18.4 Å². The van der Waals surface area contributed by atoms with Gasteiger partial charge in [-0.3, -0.25) is 4.79 Å². The van der Waals surface area contributed by atoms with Gasteiger partial charge in [-0.15, -0.1) is 12.4 Å². The Morgan fingerprint density at radius 2 is 1.88 bits per heavy atom. The number of hydrogen-bond acceptors (Lipinski definition) is 2. The molecule has 1 aromatic rings. The molecule has 0 aliphatic carbocycles. The van der Waals surface area contributed by atoms with Crippen LogP contribution in [0.1, 0.15) is 17.2 Å². The Morgan fingerprint density at radius 1 is 1.35 bits per heavy atom.